The van der Waals surface area contributed by atoms with Gasteiger partial charge in [0.1, 0.15) is 12.4 Å². The van der Waals surface area contributed by atoms with Crippen LogP contribution in [-0.4, -0.2) is 47.0 Å². The molecule has 1 aromatic carbocycles. The van der Waals surface area contributed by atoms with Gasteiger partial charge in [-0.3, -0.25) is 14.0 Å². The first-order valence-electron chi connectivity index (χ1n) is 9.68. The highest BCUT2D eigenvalue weighted by molar-refractivity contribution is 5.77. The van der Waals surface area contributed by atoms with Crippen LogP contribution >= 0.6 is 0 Å². The number of fused-ring (bicyclic) bond motifs is 3. The molecule has 5 rings (SSSR count). The summed E-state index contributed by atoms with van der Waals surface area (Å²) in [6.45, 7) is 1.22. The van der Waals surface area contributed by atoms with E-state index >= 15 is 0 Å². The van der Waals surface area contributed by atoms with E-state index in [1.807, 2.05) is 41.3 Å². The van der Waals surface area contributed by atoms with Gasteiger partial charge in [0.2, 0.25) is 5.91 Å². The minimum Gasteiger partial charge on any atom is -0.333 e. The number of aromatic nitrogens is 5. The van der Waals surface area contributed by atoms with Gasteiger partial charge in [-0.25, -0.2) is 9.48 Å². The second-order valence-corrected chi connectivity index (χ2v) is 7.55. The largest absolute Gasteiger partial charge is 0.346 e. The average Bonchev–Trinajstić information content (AvgIpc) is 3.37. The first-order valence-corrected chi connectivity index (χ1v) is 9.68. The molecule has 0 saturated carbocycles. The SMILES string of the molecule is O=C(Cn1cccn1)N1[C@@H]2CC[C@H]1Cc1nn(Cc3ccccc3)c(=O)n1C2. The van der Waals surface area contributed by atoms with Crippen molar-refractivity contribution >= 4 is 5.91 Å². The Morgan fingerprint density at radius 1 is 1.11 bits per heavy atom. The van der Waals surface area contributed by atoms with Crippen LogP contribution in [0.25, 0.3) is 0 Å². The molecule has 0 N–H and O–H groups in total. The molecule has 4 heterocycles. The minimum atomic E-state index is -0.0918. The predicted molar refractivity (Wildman–Crippen MR) is 102 cm³/mol. The molecule has 2 aromatic heterocycles. The summed E-state index contributed by atoms with van der Waals surface area (Å²) in [4.78, 5) is 27.8. The Morgan fingerprint density at radius 2 is 1.93 bits per heavy atom. The summed E-state index contributed by atoms with van der Waals surface area (Å²) in [5.41, 5.74) is 0.961. The van der Waals surface area contributed by atoms with Crippen LogP contribution in [0.5, 0.6) is 0 Å². The fourth-order valence-corrected chi connectivity index (χ4v) is 4.46. The van der Waals surface area contributed by atoms with Crippen LogP contribution in [0.15, 0.2) is 53.6 Å². The molecule has 8 heteroatoms. The lowest BCUT2D eigenvalue weighted by Crippen LogP contribution is -2.44. The summed E-state index contributed by atoms with van der Waals surface area (Å²) in [7, 11) is 0. The smallest absolute Gasteiger partial charge is 0.333 e. The third-order valence-corrected chi connectivity index (χ3v) is 5.75. The van der Waals surface area contributed by atoms with Crippen molar-refractivity contribution in [1.82, 2.24) is 29.0 Å². The Kier molecular flexibility index (Phi) is 4.11. The van der Waals surface area contributed by atoms with Crippen molar-refractivity contribution in [2.24, 2.45) is 0 Å². The lowest BCUT2D eigenvalue weighted by molar-refractivity contribution is -0.135. The number of hydrogen-bond donors (Lipinski definition) is 0. The number of rotatable bonds is 4. The van der Waals surface area contributed by atoms with Gasteiger partial charge >= 0.3 is 5.69 Å². The molecule has 1 saturated heterocycles. The molecule has 0 spiro atoms. The molecule has 1 fully saturated rings. The van der Waals surface area contributed by atoms with Crippen molar-refractivity contribution in [3.8, 4) is 0 Å². The van der Waals surface area contributed by atoms with Crippen molar-refractivity contribution in [1.29, 1.82) is 0 Å². The van der Waals surface area contributed by atoms with Crippen molar-refractivity contribution < 1.29 is 4.79 Å². The molecular weight excluding hydrogens is 356 g/mol. The summed E-state index contributed by atoms with van der Waals surface area (Å²) >= 11 is 0. The number of carbonyl (C=O) groups is 1. The van der Waals surface area contributed by atoms with Gasteiger partial charge in [0.05, 0.1) is 12.6 Å². The zero-order valence-electron chi connectivity index (χ0n) is 15.5. The van der Waals surface area contributed by atoms with Crippen LogP contribution in [0.4, 0.5) is 0 Å². The highest BCUT2D eigenvalue weighted by atomic mass is 16.2. The second-order valence-electron chi connectivity index (χ2n) is 7.55. The fraction of sp³-hybridized carbons (Fsp3) is 0.400. The van der Waals surface area contributed by atoms with E-state index in [1.165, 1.54) is 0 Å². The molecule has 8 nitrogen and oxygen atoms in total. The van der Waals surface area contributed by atoms with Crippen LogP contribution in [-0.2, 0) is 30.8 Å². The highest BCUT2D eigenvalue weighted by Gasteiger charge is 2.41. The van der Waals surface area contributed by atoms with Crippen LogP contribution < -0.4 is 5.69 Å². The maximum atomic E-state index is 12.9. The van der Waals surface area contributed by atoms with Crippen molar-refractivity contribution in [3.05, 3.63) is 70.7 Å². The Bertz CT molecular complexity index is 1040. The first kappa shape index (κ1) is 17.0. The van der Waals surface area contributed by atoms with Crippen LogP contribution in [0.3, 0.4) is 0 Å². The maximum Gasteiger partial charge on any atom is 0.346 e. The Morgan fingerprint density at radius 3 is 2.71 bits per heavy atom. The first-order chi connectivity index (χ1) is 13.7. The van der Waals surface area contributed by atoms with Gasteiger partial charge in [0.15, 0.2) is 0 Å². The van der Waals surface area contributed by atoms with E-state index in [0.29, 0.717) is 19.5 Å². The number of nitrogens with zero attached hydrogens (tertiary/aromatic N) is 6. The van der Waals surface area contributed by atoms with E-state index < -0.39 is 0 Å². The van der Waals surface area contributed by atoms with Gasteiger partial charge in [-0.1, -0.05) is 30.3 Å². The molecule has 28 heavy (non-hydrogen) atoms. The summed E-state index contributed by atoms with van der Waals surface area (Å²) in [5.74, 6) is 0.844. The molecule has 1 amide bonds. The summed E-state index contributed by atoms with van der Waals surface area (Å²) in [6, 6.07) is 11.8. The van der Waals surface area contributed by atoms with Crippen molar-refractivity contribution in [2.45, 2.75) is 51.0 Å². The summed E-state index contributed by atoms with van der Waals surface area (Å²) in [6.07, 6.45) is 5.97. The zero-order chi connectivity index (χ0) is 19.1. The summed E-state index contributed by atoms with van der Waals surface area (Å²) < 4.78 is 4.96. The molecule has 2 bridgehead atoms. The standard InChI is InChI=1S/C20H22N6O2/c27-19(14-23-10-4-9-21-23)26-16-7-8-17(26)13-24-18(11-16)22-25(20(24)28)12-15-5-2-1-3-6-15/h1-6,9-10,16-17H,7-8,11-14H2/t16-,17+/m0/s1. The second kappa shape index (κ2) is 6.78. The van der Waals surface area contributed by atoms with Gasteiger partial charge in [0.25, 0.3) is 0 Å². The molecule has 0 aliphatic carbocycles. The molecule has 3 aromatic rings. The van der Waals surface area contributed by atoms with E-state index in [0.717, 1.165) is 24.2 Å². The molecule has 2 atom stereocenters. The van der Waals surface area contributed by atoms with E-state index in [-0.39, 0.29) is 30.2 Å². The molecule has 0 unspecified atom stereocenters. The van der Waals surface area contributed by atoms with E-state index in [2.05, 4.69) is 10.2 Å². The van der Waals surface area contributed by atoms with Gasteiger partial charge in [0, 0.05) is 31.4 Å². The Hall–Kier alpha value is -3.16. The predicted octanol–water partition coefficient (Wildman–Crippen LogP) is 0.905. The number of benzene rings is 1. The Labute approximate surface area is 162 Å². The molecule has 2 aliphatic rings. The Balaban J connectivity index is 1.39. The third kappa shape index (κ3) is 2.94. The van der Waals surface area contributed by atoms with E-state index in [1.54, 1.807) is 26.3 Å². The maximum absolute atomic E-state index is 12.9. The minimum absolute atomic E-state index is 0.0430. The zero-order valence-corrected chi connectivity index (χ0v) is 15.5. The molecule has 144 valence electrons. The van der Waals surface area contributed by atoms with Crippen molar-refractivity contribution in [3.63, 3.8) is 0 Å². The van der Waals surface area contributed by atoms with Crippen molar-refractivity contribution in [2.75, 3.05) is 0 Å². The van der Waals surface area contributed by atoms with Crippen LogP contribution in [0.1, 0.15) is 24.2 Å². The number of hydrogen-bond acceptors (Lipinski definition) is 4. The monoisotopic (exact) mass is 378 g/mol. The topological polar surface area (TPSA) is 78.0 Å². The van der Waals surface area contributed by atoms with Crippen LogP contribution in [0.2, 0.25) is 0 Å². The van der Waals surface area contributed by atoms with Gasteiger partial charge in [-0.05, 0) is 24.5 Å². The fourth-order valence-electron chi connectivity index (χ4n) is 4.46. The lowest BCUT2D eigenvalue weighted by atomic mass is 10.1. The normalized spacial score (nSPS) is 20.8. The third-order valence-electron chi connectivity index (χ3n) is 5.75. The van der Waals surface area contributed by atoms with Gasteiger partial charge < -0.3 is 4.90 Å². The molecular formula is C20H22N6O2. The van der Waals surface area contributed by atoms with Gasteiger partial charge in [-0.2, -0.15) is 10.2 Å². The molecule has 0 radical (unpaired) electrons. The highest BCUT2D eigenvalue weighted by Crippen LogP contribution is 2.30. The van der Waals surface area contributed by atoms with Crippen LogP contribution in [0, 0.1) is 0 Å². The molecule has 2 aliphatic heterocycles. The number of amides is 1. The van der Waals surface area contributed by atoms with E-state index in [4.69, 9.17) is 0 Å². The average molecular weight is 378 g/mol. The summed E-state index contributed by atoms with van der Waals surface area (Å²) in [5, 5.41) is 8.74. The lowest BCUT2D eigenvalue weighted by Gasteiger charge is -2.27. The quantitative estimate of drug-likeness (QED) is 0.676. The number of carbonyl (C=O) groups excluding carboxylic acids is 1. The van der Waals surface area contributed by atoms with Gasteiger partial charge in [-0.15, -0.1) is 0 Å². The van der Waals surface area contributed by atoms with E-state index in [9.17, 15) is 9.59 Å².